The molecule has 1 atom stereocenters. The maximum atomic E-state index is 13.4. The van der Waals surface area contributed by atoms with Crippen molar-refractivity contribution in [3.8, 4) is 22.6 Å². The van der Waals surface area contributed by atoms with Gasteiger partial charge >= 0.3 is 5.97 Å². The Morgan fingerprint density at radius 2 is 1.86 bits per heavy atom. The molecule has 1 saturated heterocycles. The molecule has 0 radical (unpaired) electrons. The van der Waals surface area contributed by atoms with Gasteiger partial charge in [-0.1, -0.05) is 53.5 Å². The van der Waals surface area contributed by atoms with E-state index in [9.17, 15) is 14.7 Å². The molecule has 2 N–H and O–H groups in total. The number of aliphatic carboxylic acids is 1. The first-order valence-corrected chi connectivity index (χ1v) is 17.2. The van der Waals surface area contributed by atoms with Gasteiger partial charge in [0.25, 0.3) is 5.91 Å². The number of fused-ring (bicyclic) bond motifs is 1. The fourth-order valence-electron chi connectivity index (χ4n) is 7.02. The molecule has 1 aromatic heterocycles. The van der Waals surface area contributed by atoms with E-state index in [0.717, 1.165) is 59.4 Å². The van der Waals surface area contributed by atoms with Crippen LogP contribution >= 0.6 is 23.2 Å². The lowest BCUT2D eigenvalue weighted by molar-refractivity contribution is -0.141. The number of hydrogen-bond donors (Lipinski definition) is 2. The molecule has 7 rings (SSSR count). The van der Waals surface area contributed by atoms with Crippen LogP contribution in [-0.2, 0) is 37.0 Å². The van der Waals surface area contributed by atoms with Gasteiger partial charge in [0.15, 0.2) is 5.82 Å². The van der Waals surface area contributed by atoms with Gasteiger partial charge in [-0.2, -0.15) is 0 Å². The van der Waals surface area contributed by atoms with E-state index in [1.54, 1.807) is 13.2 Å². The maximum Gasteiger partial charge on any atom is 0.307 e. The molecule has 49 heavy (non-hydrogen) atoms. The minimum atomic E-state index is -0.761. The van der Waals surface area contributed by atoms with Crippen LogP contribution in [0.1, 0.15) is 52.4 Å². The number of nitrogens with one attached hydrogen (secondary N) is 1. The van der Waals surface area contributed by atoms with Gasteiger partial charge in [-0.05, 0) is 62.2 Å². The Balaban J connectivity index is 1.09. The van der Waals surface area contributed by atoms with Crippen LogP contribution in [-0.4, -0.2) is 70.1 Å². The molecule has 4 aromatic rings. The second-order valence-corrected chi connectivity index (χ2v) is 14.1. The number of rotatable bonds is 10. The van der Waals surface area contributed by atoms with Crippen molar-refractivity contribution in [2.45, 2.75) is 44.4 Å². The van der Waals surface area contributed by atoms with E-state index < -0.39 is 11.6 Å². The second kappa shape index (κ2) is 13.3. The van der Waals surface area contributed by atoms with Crippen LogP contribution in [0.3, 0.4) is 0 Å². The maximum absolute atomic E-state index is 13.4. The van der Waals surface area contributed by atoms with Gasteiger partial charge in [0, 0.05) is 62.5 Å². The van der Waals surface area contributed by atoms with Crippen molar-refractivity contribution in [3.05, 3.63) is 93.0 Å². The zero-order valence-electron chi connectivity index (χ0n) is 27.8. The summed E-state index contributed by atoms with van der Waals surface area (Å²) in [7, 11) is 5.55. The lowest BCUT2D eigenvalue weighted by Gasteiger charge is -2.23. The fourth-order valence-corrected chi connectivity index (χ4v) is 7.53. The van der Waals surface area contributed by atoms with E-state index in [-0.39, 0.29) is 11.8 Å². The summed E-state index contributed by atoms with van der Waals surface area (Å²) in [4.78, 5) is 33.8. The highest BCUT2D eigenvalue weighted by atomic mass is 35.5. The van der Waals surface area contributed by atoms with Crippen molar-refractivity contribution < 1.29 is 24.2 Å². The van der Waals surface area contributed by atoms with Crippen molar-refractivity contribution in [3.63, 3.8) is 0 Å². The topological polar surface area (TPSA) is 109 Å². The lowest BCUT2D eigenvalue weighted by Crippen LogP contribution is -2.27. The summed E-state index contributed by atoms with van der Waals surface area (Å²) in [5.41, 5.74) is 5.54. The zero-order chi connectivity index (χ0) is 34.4. The summed E-state index contributed by atoms with van der Waals surface area (Å²) in [6.07, 6.45) is 3.10. The summed E-state index contributed by atoms with van der Waals surface area (Å²) in [6.45, 7) is 3.39. The number of carbonyl (C=O) groups is 2. The van der Waals surface area contributed by atoms with Crippen LogP contribution in [0.4, 0.5) is 5.69 Å². The molecule has 3 heterocycles. The monoisotopic (exact) mass is 703 g/mol. The average Bonchev–Trinajstić information content (AvgIpc) is 3.58. The molecular formula is C37H39Cl2N5O5. The number of nitrogens with zero attached hydrogens (tertiary/aromatic N) is 4. The molecule has 3 aromatic carbocycles. The van der Waals surface area contributed by atoms with Gasteiger partial charge in [0.1, 0.15) is 17.1 Å². The van der Waals surface area contributed by atoms with E-state index >= 15 is 0 Å². The third kappa shape index (κ3) is 6.62. The summed E-state index contributed by atoms with van der Waals surface area (Å²) in [6, 6.07) is 17.4. The van der Waals surface area contributed by atoms with Crippen LogP contribution in [0.2, 0.25) is 10.0 Å². The Morgan fingerprint density at radius 3 is 2.59 bits per heavy atom. The van der Waals surface area contributed by atoms with E-state index in [1.165, 1.54) is 0 Å². The van der Waals surface area contributed by atoms with Crippen LogP contribution in [0.15, 0.2) is 54.6 Å². The average molecular weight is 705 g/mol. The molecule has 1 aliphatic carbocycles. The van der Waals surface area contributed by atoms with Gasteiger partial charge in [-0.3, -0.25) is 14.5 Å². The lowest BCUT2D eigenvalue weighted by atomic mass is 9.99. The molecule has 10 nitrogen and oxygen atoms in total. The third-order valence-electron chi connectivity index (χ3n) is 9.96. The van der Waals surface area contributed by atoms with Crippen LogP contribution < -0.4 is 14.8 Å². The molecule has 2 aliphatic heterocycles. The molecule has 256 valence electrons. The Hall–Kier alpha value is -4.09. The molecule has 2 fully saturated rings. The summed E-state index contributed by atoms with van der Waals surface area (Å²) in [5, 5.41) is 13.3. The highest BCUT2D eigenvalue weighted by Gasteiger charge is 2.48. The molecule has 12 heteroatoms. The standard InChI is InChI=1S/C37H39Cl2N5O5/c1-42-14-11-30-29(21-42)40-34(43(30)2)35(45)41-28-9-5-8-26(33(28)39)22-6-4-7-25(16-22)37(12-13-37)49-32-18-31(48-3)24(17-27(32)38)20-44-15-10-23(19-44)36(46)47/h4-9,16-18,23H,10-15,19-21H2,1-3H3,(H,41,45)(H,46,47). The number of likely N-dealkylation sites (tertiary alicyclic amines) is 1. The van der Waals surface area contributed by atoms with E-state index in [0.29, 0.717) is 65.7 Å². The molecule has 1 saturated carbocycles. The Bertz CT molecular complexity index is 1940. The van der Waals surface area contributed by atoms with Crippen molar-refractivity contribution in [2.75, 3.05) is 39.1 Å². The van der Waals surface area contributed by atoms with E-state index in [1.807, 2.05) is 54.1 Å². The Kier molecular flexibility index (Phi) is 9.08. The SMILES string of the molecule is COc1cc(OC2(c3cccc(-c4cccc(NC(=O)c5nc6c(n5C)CCN(C)C6)c4Cl)c3)CC2)c(Cl)cc1CN1CCC(C(=O)O)C1. The number of likely N-dealkylation sites (N-methyl/N-ethyl adjacent to an activating group) is 1. The second-order valence-electron chi connectivity index (χ2n) is 13.3. The number of carboxylic acid groups (broad SMARTS) is 1. The first kappa shape index (κ1) is 33.4. The molecular weight excluding hydrogens is 665 g/mol. The Morgan fingerprint density at radius 1 is 1.06 bits per heavy atom. The number of aromatic nitrogens is 2. The quantitative estimate of drug-likeness (QED) is 0.190. The number of benzene rings is 3. The van der Waals surface area contributed by atoms with Gasteiger partial charge in [-0.25, -0.2) is 4.98 Å². The van der Waals surface area contributed by atoms with Crippen molar-refractivity contribution >= 4 is 40.8 Å². The molecule has 1 amide bonds. The summed E-state index contributed by atoms with van der Waals surface area (Å²) < 4.78 is 14.2. The fraction of sp³-hybridized carbons (Fsp3) is 0.378. The highest BCUT2D eigenvalue weighted by Crippen LogP contribution is 2.52. The summed E-state index contributed by atoms with van der Waals surface area (Å²) in [5.74, 6) is 0.115. The summed E-state index contributed by atoms with van der Waals surface area (Å²) >= 11 is 13.7. The largest absolute Gasteiger partial charge is 0.496 e. The van der Waals surface area contributed by atoms with Gasteiger partial charge in [0.2, 0.25) is 0 Å². The number of methoxy groups -OCH3 is 1. The smallest absolute Gasteiger partial charge is 0.307 e. The first-order valence-electron chi connectivity index (χ1n) is 16.5. The predicted molar refractivity (Wildman–Crippen MR) is 189 cm³/mol. The van der Waals surface area contributed by atoms with E-state index in [2.05, 4.69) is 33.2 Å². The molecule has 3 aliphatic rings. The number of imidazole rings is 1. The number of ether oxygens (including phenoxy) is 2. The predicted octanol–water partition coefficient (Wildman–Crippen LogP) is 6.62. The number of anilines is 1. The highest BCUT2D eigenvalue weighted by molar-refractivity contribution is 6.36. The van der Waals surface area contributed by atoms with Crippen LogP contribution in [0, 0.1) is 5.92 Å². The Labute approximate surface area is 295 Å². The van der Waals surface area contributed by atoms with Crippen molar-refractivity contribution in [2.24, 2.45) is 13.0 Å². The van der Waals surface area contributed by atoms with Gasteiger partial charge < -0.3 is 29.4 Å². The minimum Gasteiger partial charge on any atom is -0.496 e. The number of carboxylic acids is 1. The number of halogens is 2. The first-order chi connectivity index (χ1) is 23.5. The number of amides is 1. The van der Waals surface area contributed by atoms with Crippen molar-refractivity contribution in [1.82, 2.24) is 19.4 Å². The molecule has 0 bridgehead atoms. The van der Waals surface area contributed by atoms with Crippen molar-refractivity contribution in [1.29, 1.82) is 0 Å². The molecule has 0 spiro atoms. The number of carbonyl (C=O) groups excluding carboxylic acids is 1. The van der Waals surface area contributed by atoms with Crippen LogP contribution in [0.5, 0.6) is 11.5 Å². The number of hydrogen-bond acceptors (Lipinski definition) is 7. The molecule has 1 unspecified atom stereocenters. The normalized spacial score (nSPS) is 18.6. The van der Waals surface area contributed by atoms with Gasteiger partial charge in [0.05, 0.1) is 34.5 Å². The van der Waals surface area contributed by atoms with E-state index in [4.69, 9.17) is 32.7 Å². The minimum absolute atomic E-state index is 0.305. The zero-order valence-corrected chi connectivity index (χ0v) is 29.3. The van der Waals surface area contributed by atoms with Crippen LogP contribution in [0.25, 0.3) is 11.1 Å². The third-order valence-corrected chi connectivity index (χ3v) is 10.7. The van der Waals surface area contributed by atoms with Gasteiger partial charge in [-0.15, -0.1) is 0 Å².